The van der Waals surface area contributed by atoms with Crippen LogP contribution in [0.4, 0.5) is 0 Å². The van der Waals surface area contributed by atoms with Crippen molar-refractivity contribution in [3.63, 3.8) is 0 Å². The van der Waals surface area contributed by atoms with E-state index in [1.54, 1.807) is 0 Å². The van der Waals surface area contributed by atoms with Crippen LogP contribution < -0.4 is 0 Å². The highest BCUT2D eigenvalue weighted by Gasteiger charge is 2.22. The highest BCUT2D eigenvalue weighted by Crippen LogP contribution is 2.22. The SMILES string of the molecule is CC(C)c1ccc(C[C@H]2CC(c3ccc(Cl)cc3)=NO2)cc1. The van der Waals surface area contributed by atoms with Gasteiger partial charge in [0.15, 0.2) is 0 Å². The van der Waals surface area contributed by atoms with Gasteiger partial charge in [0.25, 0.3) is 0 Å². The molecule has 0 aliphatic carbocycles. The van der Waals surface area contributed by atoms with Gasteiger partial charge in [0, 0.05) is 17.9 Å². The zero-order valence-corrected chi connectivity index (χ0v) is 13.7. The molecular weight excluding hydrogens is 294 g/mol. The number of hydrogen-bond acceptors (Lipinski definition) is 2. The molecule has 0 bridgehead atoms. The van der Waals surface area contributed by atoms with Gasteiger partial charge in [-0.2, -0.15) is 0 Å². The fourth-order valence-electron chi connectivity index (χ4n) is 2.65. The summed E-state index contributed by atoms with van der Waals surface area (Å²) >= 11 is 5.92. The van der Waals surface area contributed by atoms with Gasteiger partial charge in [-0.25, -0.2) is 0 Å². The first-order valence-corrected chi connectivity index (χ1v) is 8.07. The van der Waals surface area contributed by atoms with Crippen LogP contribution in [0.3, 0.4) is 0 Å². The smallest absolute Gasteiger partial charge is 0.137 e. The van der Waals surface area contributed by atoms with E-state index in [-0.39, 0.29) is 6.10 Å². The topological polar surface area (TPSA) is 21.6 Å². The Morgan fingerprint density at radius 3 is 2.41 bits per heavy atom. The van der Waals surface area contributed by atoms with Crippen molar-refractivity contribution < 1.29 is 4.84 Å². The van der Waals surface area contributed by atoms with E-state index in [1.807, 2.05) is 24.3 Å². The molecule has 1 atom stereocenters. The maximum absolute atomic E-state index is 5.92. The third-order valence-corrected chi connectivity index (χ3v) is 4.27. The van der Waals surface area contributed by atoms with Gasteiger partial charge in [0.2, 0.25) is 0 Å². The Bertz CT molecular complexity index is 659. The van der Waals surface area contributed by atoms with Crippen molar-refractivity contribution in [1.82, 2.24) is 0 Å². The lowest BCUT2D eigenvalue weighted by atomic mass is 9.97. The summed E-state index contributed by atoms with van der Waals surface area (Å²) in [5.41, 5.74) is 4.75. The van der Waals surface area contributed by atoms with Gasteiger partial charge < -0.3 is 4.84 Å². The van der Waals surface area contributed by atoms with Gasteiger partial charge in [-0.15, -0.1) is 0 Å². The quantitative estimate of drug-likeness (QED) is 0.760. The van der Waals surface area contributed by atoms with Crippen LogP contribution in [0, 0.1) is 0 Å². The van der Waals surface area contributed by atoms with Crippen LogP contribution in [0.25, 0.3) is 0 Å². The maximum atomic E-state index is 5.92. The first-order chi connectivity index (χ1) is 10.6. The lowest BCUT2D eigenvalue weighted by molar-refractivity contribution is 0.0859. The summed E-state index contributed by atoms with van der Waals surface area (Å²) in [5, 5.41) is 4.97. The Morgan fingerprint density at radius 2 is 1.77 bits per heavy atom. The molecule has 2 nitrogen and oxygen atoms in total. The monoisotopic (exact) mass is 313 g/mol. The molecule has 22 heavy (non-hydrogen) atoms. The lowest BCUT2D eigenvalue weighted by Gasteiger charge is -2.10. The van der Waals surface area contributed by atoms with Crippen molar-refractivity contribution in [2.24, 2.45) is 5.16 Å². The van der Waals surface area contributed by atoms with Crippen LogP contribution in [0.5, 0.6) is 0 Å². The highest BCUT2D eigenvalue weighted by molar-refractivity contribution is 6.30. The second-order valence-electron chi connectivity index (χ2n) is 6.08. The Hall–Kier alpha value is -1.80. The molecular formula is C19H20ClNO. The molecule has 114 valence electrons. The van der Waals surface area contributed by atoms with Gasteiger partial charge in [-0.05, 0) is 34.7 Å². The molecule has 1 aliphatic heterocycles. The van der Waals surface area contributed by atoms with Gasteiger partial charge in [0.05, 0.1) is 5.71 Å². The molecule has 0 saturated heterocycles. The second kappa shape index (κ2) is 6.53. The maximum Gasteiger partial charge on any atom is 0.137 e. The minimum atomic E-state index is 0.121. The highest BCUT2D eigenvalue weighted by atomic mass is 35.5. The Labute approximate surface area is 136 Å². The minimum absolute atomic E-state index is 0.121. The van der Waals surface area contributed by atoms with E-state index in [2.05, 4.69) is 43.3 Å². The predicted octanol–water partition coefficient (Wildman–Crippen LogP) is 5.20. The van der Waals surface area contributed by atoms with Crippen molar-refractivity contribution in [3.05, 3.63) is 70.2 Å². The second-order valence-corrected chi connectivity index (χ2v) is 6.51. The fourth-order valence-corrected chi connectivity index (χ4v) is 2.78. The van der Waals surface area contributed by atoms with E-state index in [1.165, 1.54) is 11.1 Å². The number of nitrogens with zero attached hydrogens (tertiary/aromatic N) is 1. The average Bonchev–Trinajstić information content (AvgIpc) is 2.97. The van der Waals surface area contributed by atoms with Crippen LogP contribution >= 0.6 is 11.6 Å². The van der Waals surface area contributed by atoms with Gasteiger partial charge in [0.1, 0.15) is 6.10 Å². The summed E-state index contributed by atoms with van der Waals surface area (Å²) in [6.07, 6.45) is 1.85. The third-order valence-electron chi connectivity index (χ3n) is 4.02. The molecule has 3 heteroatoms. The zero-order chi connectivity index (χ0) is 15.5. The van der Waals surface area contributed by atoms with E-state index in [0.717, 1.165) is 29.1 Å². The summed E-state index contributed by atoms with van der Waals surface area (Å²) in [6, 6.07) is 16.5. The van der Waals surface area contributed by atoms with Crippen LogP contribution in [0.1, 0.15) is 42.9 Å². The van der Waals surface area contributed by atoms with E-state index in [0.29, 0.717) is 5.92 Å². The average molecular weight is 314 g/mol. The normalized spacial score (nSPS) is 17.5. The number of halogens is 1. The molecule has 3 rings (SSSR count). The minimum Gasteiger partial charge on any atom is -0.391 e. The molecule has 0 amide bonds. The van der Waals surface area contributed by atoms with E-state index in [4.69, 9.17) is 16.4 Å². The number of rotatable bonds is 4. The van der Waals surface area contributed by atoms with Gasteiger partial charge in [-0.3, -0.25) is 0 Å². The zero-order valence-electron chi connectivity index (χ0n) is 12.9. The van der Waals surface area contributed by atoms with E-state index in [9.17, 15) is 0 Å². The van der Waals surface area contributed by atoms with Gasteiger partial charge in [-0.1, -0.05) is 67.0 Å². The van der Waals surface area contributed by atoms with Crippen molar-refractivity contribution in [3.8, 4) is 0 Å². The molecule has 0 radical (unpaired) electrons. The van der Waals surface area contributed by atoms with Crippen molar-refractivity contribution >= 4 is 17.3 Å². The van der Waals surface area contributed by atoms with Crippen LogP contribution in [-0.2, 0) is 11.3 Å². The van der Waals surface area contributed by atoms with E-state index >= 15 is 0 Å². The van der Waals surface area contributed by atoms with Crippen molar-refractivity contribution in [2.75, 3.05) is 0 Å². The van der Waals surface area contributed by atoms with Crippen molar-refractivity contribution in [1.29, 1.82) is 0 Å². The predicted molar refractivity (Wildman–Crippen MR) is 91.7 cm³/mol. The first-order valence-electron chi connectivity index (χ1n) is 7.69. The molecule has 2 aromatic carbocycles. The molecule has 1 aliphatic rings. The van der Waals surface area contributed by atoms with Crippen LogP contribution in [0.2, 0.25) is 5.02 Å². The molecule has 0 aromatic heterocycles. The standard InChI is InChI=1S/C19H20ClNO/c1-13(2)15-5-3-14(4-6-15)11-18-12-19(21-22-18)16-7-9-17(20)10-8-16/h3-10,13,18H,11-12H2,1-2H3/t18-/m0/s1. The summed E-state index contributed by atoms with van der Waals surface area (Å²) in [5.74, 6) is 0.566. The molecule has 0 fully saturated rings. The lowest BCUT2D eigenvalue weighted by Crippen LogP contribution is -2.12. The Kier molecular flexibility index (Phi) is 4.49. The van der Waals surface area contributed by atoms with E-state index < -0.39 is 0 Å². The summed E-state index contributed by atoms with van der Waals surface area (Å²) < 4.78 is 0. The summed E-state index contributed by atoms with van der Waals surface area (Å²) in [7, 11) is 0. The van der Waals surface area contributed by atoms with Crippen LogP contribution in [-0.4, -0.2) is 11.8 Å². The Morgan fingerprint density at radius 1 is 1.09 bits per heavy atom. The number of benzene rings is 2. The fraction of sp³-hybridized carbons (Fsp3) is 0.316. The largest absolute Gasteiger partial charge is 0.391 e. The van der Waals surface area contributed by atoms with Gasteiger partial charge >= 0.3 is 0 Å². The number of hydrogen-bond donors (Lipinski definition) is 0. The molecule has 1 heterocycles. The Balaban J connectivity index is 1.61. The third kappa shape index (κ3) is 3.50. The van der Waals surface area contributed by atoms with Crippen LogP contribution in [0.15, 0.2) is 53.7 Å². The summed E-state index contributed by atoms with van der Waals surface area (Å²) in [4.78, 5) is 5.59. The molecule has 0 unspecified atom stereocenters. The molecule has 0 spiro atoms. The number of oxime groups is 1. The first kappa shape index (κ1) is 15.1. The summed E-state index contributed by atoms with van der Waals surface area (Å²) in [6.45, 7) is 4.42. The molecule has 0 saturated carbocycles. The molecule has 2 aromatic rings. The molecule has 0 N–H and O–H groups in total. The van der Waals surface area contributed by atoms with Crippen molar-refractivity contribution in [2.45, 2.75) is 38.7 Å².